The van der Waals surface area contributed by atoms with Crippen LogP contribution in [-0.4, -0.2) is 18.0 Å². The van der Waals surface area contributed by atoms with E-state index in [0.717, 1.165) is 22.2 Å². The molecule has 1 N–H and O–H groups in total. The van der Waals surface area contributed by atoms with Crippen molar-refractivity contribution in [2.75, 3.05) is 12.4 Å². The maximum atomic E-state index is 12.6. The number of aryl methyl sites for hydroxylation is 2. The number of methoxy groups -OCH3 is 1. The molecule has 1 heterocycles. The van der Waals surface area contributed by atoms with Crippen molar-refractivity contribution in [2.24, 2.45) is 0 Å². The third-order valence-corrected chi connectivity index (χ3v) is 4.94. The summed E-state index contributed by atoms with van der Waals surface area (Å²) >= 11 is 6.39. The van der Waals surface area contributed by atoms with E-state index in [1.165, 1.54) is 0 Å². The first-order valence-corrected chi connectivity index (χ1v) is 9.45. The summed E-state index contributed by atoms with van der Waals surface area (Å²) in [5.41, 5.74) is 5.33. The highest BCUT2D eigenvalue weighted by Gasteiger charge is 2.15. The minimum atomic E-state index is -0.249. The van der Waals surface area contributed by atoms with Gasteiger partial charge < -0.3 is 14.5 Å². The molecule has 0 unspecified atom stereocenters. The highest BCUT2D eigenvalue weighted by molar-refractivity contribution is 6.33. The van der Waals surface area contributed by atoms with Crippen molar-refractivity contribution < 1.29 is 13.9 Å². The number of hydrogen-bond donors (Lipinski definition) is 1. The van der Waals surface area contributed by atoms with Gasteiger partial charge in [0.05, 0.1) is 17.7 Å². The molecular formula is C23H19ClN2O3. The lowest BCUT2D eigenvalue weighted by Crippen LogP contribution is -2.11. The van der Waals surface area contributed by atoms with Crippen LogP contribution in [0.3, 0.4) is 0 Å². The zero-order valence-corrected chi connectivity index (χ0v) is 17.0. The molecule has 0 aliphatic heterocycles. The van der Waals surface area contributed by atoms with Crippen LogP contribution in [0.1, 0.15) is 21.5 Å². The fourth-order valence-electron chi connectivity index (χ4n) is 3.23. The standard InChI is InChI=1S/C23H19ClN2O3/c1-13-9-14(2)21-20(10-13)26-23(29-21)18-12-16(7-8-19(18)24)25-22(27)15-5-4-6-17(11-15)28-3/h4-12H,1-3H3,(H,25,27). The van der Waals surface area contributed by atoms with Crippen molar-refractivity contribution in [1.82, 2.24) is 4.98 Å². The molecule has 1 amide bonds. The van der Waals surface area contributed by atoms with Crippen LogP contribution in [0.15, 0.2) is 59.0 Å². The molecule has 0 aliphatic rings. The van der Waals surface area contributed by atoms with E-state index < -0.39 is 0 Å². The Morgan fingerprint density at radius 2 is 1.93 bits per heavy atom. The first-order chi connectivity index (χ1) is 13.9. The number of fused-ring (bicyclic) bond motifs is 1. The Hall–Kier alpha value is -3.31. The summed E-state index contributed by atoms with van der Waals surface area (Å²) in [6.07, 6.45) is 0. The van der Waals surface area contributed by atoms with E-state index in [1.807, 2.05) is 26.0 Å². The molecule has 0 saturated carbocycles. The Balaban J connectivity index is 1.67. The fourth-order valence-corrected chi connectivity index (χ4v) is 3.42. The van der Waals surface area contributed by atoms with Crippen LogP contribution in [-0.2, 0) is 0 Å². The van der Waals surface area contributed by atoms with E-state index in [4.69, 9.17) is 20.8 Å². The van der Waals surface area contributed by atoms with Gasteiger partial charge in [-0.05, 0) is 67.4 Å². The highest BCUT2D eigenvalue weighted by atomic mass is 35.5. The molecule has 4 rings (SSSR count). The SMILES string of the molecule is COc1cccc(C(=O)Nc2ccc(Cl)c(-c3nc4cc(C)cc(C)c4o3)c2)c1. The van der Waals surface area contributed by atoms with Crippen molar-refractivity contribution in [3.8, 4) is 17.2 Å². The number of rotatable bonds is 4. The number of nitrogens with zero attached hydrogens (tertiary/aromatic N) is 1. The smallest absolute Gasteiger partial charge is 0.255 e. The van der Waals surface area contributed by atoms with Gasteiger partial charge in [-0.15, -0.1) is 0 Å². The summed E-state index contributed by atoms with van der Waals surface area (Å²) in [6, 6.07) is 16.2. The fraction of sp³-hybridized carbons (Fsp3) is 0.130. The summed E-state index contributed by atoms with van der Waals surface area (Å²) in [6.45, 7) is 4.00. The van der Waals surface area contributed by atoms with Crippen molar-refractivity contribution in [2.45, 2.75) is 13.8 Å². The first-order valence-electron chi connectivity index (χ1n) is 9.08. The third-order valence-electron chi connectivity index (χ3n) is 4.61. The number of anilines is 1. The van der Waals surface area contributed by atoms with Crippen LogP contribution in [0.4, 0.5) is 5.69 Å². The molecule has 29 heavy (non-hydrogen) atoms. The van der Waals surface area contributed by atoms with Gasteiger partial charge in [0, 0.05) is 11.3 Å². The van der Waals surface area contributed by atoms with Crippen LogP contribution < -0.4 is 10.1 Å². The number of aromatic nitrogens is 1. The number of carbonyl (C=O) groups excluding carboxylic acids is 1. The van der Waals surface area contributed by atoms with Crippen molar-refractivity contribution in [1.29, 1.82) is 0 Å². The Labute approximate surface area is 173 Å². The maximum Gasteiger partial charge on any atom is 0.255 e. The average Bonchev–Trinajstić information content (AvgIpc) is 3.13. The molecule has 0 bridgehead atoms. The van der Waals surface area contributed by atoms with E-state index in [9.17, 15) is 4.79 Å². The summed E-state index contributed by atoms with van der Waals surface area (Å²) in [5, 5.41) is 3.37. The van der Waals surface area contributed by atoms with Crippen LogP contribution in [0.5, 0.6) is 5.75 Å². The quantitative estimate of drug-likeness (QED) is 0.449. The topological polar surface area (TPSA) is 64.4 Å². The Morgan fingerprint density at radius 3 is 2.72 bits per heavy atom. The second-order valence-electron chi connectivity index (χ2n) is 6.83. The van der Waals surface area contributed by atoms with Crippen molar-refractivity contribution in [3.63, 3.8) is 0 Å². The van der Waals surface area contributed by atoms with E-state index in [2.05, 4.69) is 10.3 Å². The predicted octanol–water partition coefficient (Wildman–Crippen LogP) is 6.03. The van der Waals surface area contributed by atoms with Gasteiger partial charge in [0.1, 0.15) is 11.3 Å². The Kier molecular flexibility index (Phi) is 4.99. The molecular weight excluding hydrogens is 388 g/mol. The lowest BCUT2D eigenvalue weighted by atomic mass is 10.1. The number of benzene rings is 3. The number of oxazole rings is 1. The zero-order chi connectivity index (χ0) is 20.5. The number of ether oxygens (including phenoxy) is 1. The lowest BCUT2D eigenvalue weighted by Gasteiger charge is -2.08. The van der Waals surface area contributed by atoms with E-state index in [0.29, 0.717) is 33.5 Å². The molecule has 3 aromatic carbocycles. The van der Waals surface area contributed by atoms with Crippen LogP contribution in [0.25, 0.3) is 22.6 Å². The molecule has 6 heteroatoms. The monoisotopic (exact) mass is 406 g/mol. The zero-order valence-electron chi connectivity index (χ0n) is 16.2. The largest absolute Gasteiger partial charge is 0.497 e. The van der Waals surface area contributed by atoms with Crippen molar-refractivity contribution in [3.05, 3.63) is 76.3 Å². The molecule has 0 radical (unpaired) electrons. The summed E-state index contributed by atoms with van der Waals surface area (Å²) < 4.78 is 11.1. The lowest BCUT2D eigenvalue weighted by molar-refractivity contribution is 0.102. The molecule has 0 aliphatic carbocycles. The highest BCUT2D eigenvalue weighted by Crippen LogP contribution is 2.33. The van der Waals surface area contributed by atoms with Gasteiger partial charge in [0.25, 0.3) is 5.91 Å². The van der Waals surface area contributed by atoms with Gasteiger partial charge in [0.2, 0.25) is 5.89 Å². The van der Waals surface area contributed by atoms with Gasteiger partial charge in [-0.1, -0.05) is 23.7 Å². The van der Waals surface area contributed by atoms with Gasteiger partial charge in [-0.2, -0.15) is 0 Å². The maximum absolute atomic E-state index is 12.6. The van der Waals surface area contributed by atoms with Crippen LogP contribution in [0, 0.1) is 13.8 Å². The first kappa shape index (κ1) is 19.0. The second-order valence-corrected chi connectivity index (χ2v) is 7.24. The number of amides is 1. The van der Waals surface area contributed by atoms with E-state index in [1.54, 1.807) is 49.6 Å². The molecule has 0 atom stereocenters. The molecule has 4 aromatic rings. The van der Waals surface area contributed by atoms with Crippen molar-refractivity contribution >= 4 is 34.3 Å². The Morgan fingerprint density at radius 1 is 1.10 bits per heavy atom. The number of carbonyl (C=O) groups is 1. The van der Waals surface area contributed by atoms with E-state index in [-0.39, 0.29) is 5.91 Å². The van der Waals surface area contributed by atoms with Gasteiger partial charge in [-0.3, -0.25) is 4.79 Å². The minimum absolute atomic E-state index is 0.249. The third kappa shape index (κ3) is 3.82. The minimum Gasteiger partial charge on any atom is -0.497 e. The number of hydrogen-bond acceptors (Lipinski definition) is 4. The van der Waals surface area contributed by atoms with Crippen LogP contribution >= 0.6 is 11.6 Å². The summed E-state index contributed by atoms with van der Waals surface area (Å²) in [7, 11) is 1.56. The molecule has 0 saturated heterocycles. The summed E-state index contributed by atoms with van der Waals surface area (Å²) in [5.74, 6) is 0.781. The second kappa shape index (κ2) is 7.60. The molecule has 1 aromatic heterocycles. The van der Waals surface area contributed by atoms with E-state index >= 15 is 0 Å². The van der Waals surface area contributed by atoms with Gasteiger partial charge in [-0.25, -0.2) is 4.98 Å². The number of nitrogens with one attached hydrogen (secondary N) is 1. The number of halogens is 1. The molecule has 0 spiro atoms. The average molecular weight is 407 g/mol. The predicted molar refractivity (Wildman–Crippen MR) is 115 cm³/mol. The van der Waals surface area contributed by atoms with Gasteiger partial charge >= 0.3 is 0 Å². The summed E-state index contributed by atoms with van der Waals surface area (Å²) in [4.78, 5) is 17.2. The normalized spacial score (nSPS) is 10.9. The Bertz CT molecular complexity index is 1230. The molecule has 0 fully saturated rings. The molecule has 5 nitrogen and oxygen atoms in total. The molecule has 146 valence electrons. The van der Waals surface area contributed by atoms with Crippen LogP contribution in [0.2, 0.25) is 5.02 Å². The van der Waals surface area contributed by atoms with Gasteiger partial charge in [0.15, 0.2) is 5.58 Å².